The molecule has 0 spiro atoms. The number of hydrogen-bond acceptors (Lipinski definition) is 2. The molecule has 1 aliphatic carbocycles. The van der Waals surface area contributed by atoms with Gasteiger partial charge >= 0.3 is 0 Å². The summed E-state index contributed by atoms with van der Waals surface area (Å²) in [6, 6.07) is 0.835. The number of hydrogen-bond donors (Lipinski definition) is 1. The van der Waals surface area contributed by atoms with Crippen molar-refractivity contribution < 1.29 is 0 Å². The zero-order valence-electron chi connectivity index (χ0n) is 14.6. The Bertz CT molecular complexity index is 257. The van der Waals surface area contributed by atoms with E-state index >= 15 is 0 Å². The summed E-state index contributed by atoms with van der Waals surface area (Å²) < 4.78 is 0. The summed E-state index contributed by atoms with van der Waals surface area (Å²) in [7, 11) is 2.33. The van der Waals surface area contributed by atoms with Crippen LogP contribution in [0.3, 0.4) is 0 Å². The van der Waals surface area contributed by atoms with E-state index in [0.29, 0.717) is 5.41 Å². The van der Waals surface area contributed by atoms with Crippen LogP contribution in [-0.4, -0.2) is 31.1 Å². The van der Waals surface area contributed by atoms with E-state index in [2.05, 4.69) is 39.6 Å². The summed E-state index contributed by atoms with van der Waals surface area (Å²) >= 11 is 0. The molecule has 1 aliphatic rings. The predicted octanol–water partition coefficient (Wildman–Crippen LogP) is 4.29. The van der Waals surface area contributed by atoms with E-state index < -0.39 is 0 Å². The maximum Gasteiger partial charge on any atom is 0.00947 e. The molecule has 0 aromatic rings. The van der Waals surface area contributed by atoms with Crippen LogP contribution in [0, 0.1) is 17.3 Å². The minimum absolute atomic E-state index is 0.400. The minimum Gasteiger partial charge on any atom is -0.330 e. The summed E-state index contributed by atoms with van der Waals surface area (Å²) in [5.41, 5.74) is 6.18. The monoisotopic (exact) mass is 282 g/mol. The minimum atomic E-state index is 0.400. The fourth-order valence-electron chi connectivity index (χ4n) is 3.78. The Hall–Kier alpha value is -0.0800. The Morgan fingerprint density at radius 2 is 1.90 bits per heavy atom. The lowest BCUT2D eigenvalue weighted by molar-refractivity contribution is 0.149. The van der Waals surface area contributed by atoms with Crippen LogP contribution in [-0.2, 0) is 0 Å². The molecule has 0 bridgehead atoms. The molecule has 0 heterocycles. The molecule has 0 aromatic carbocycles. The van der Waals surface area contributed by atoms with E-state index in [4.69, 9.17) is 5.73 Å². The lowest BCUT2D eigenvalue weighted by Gasteiger charge is -2.35. The topological polar surface area (TPSA) is 29.3 Å². The van der Waals surface area contributed by atoms with Crippen molar-refractivity contribution in [3.8, 4) is 0 Å². The van der Waals surface area contributed by atoms with Crippen LogP contribution in [0.2, 0.25) is 0 Å². The van der Waals surface area contributed by atoms with Gasteiger partial charge in [0.2, 0.25) is 0 Å². The van der Waals surface area contributed by atoms with Crippen LogP contribution in [0.5, 0.6) is 0 Å². The lowest BCUT2D eigenvalue weighted by Crippen LogP contribution is -2.36. The highest BCUT2D eigenvalue weighted by molar-refractivity contribution is 4.78. The smallest absolute Gasteiger partial charge is 0.00947 e. The van der Waals surface area contributed by atoms with Crippen molar-refractivity contribution in [2.75, 3.05) is 20.1 Å². The Kier molecular flexibility index (Phi) is 7.53. The number of rotatable bonds is 7. The van der Waals surface area contributed by atoms with E-state index in [-0.39, 0.29) is 0 Å². The van der Waals surface area contributed by atoms with Crippen molar-refractivity contribution in [3.63, 3.8) is 0 Å². The maximum absolute atomic E-state index is 5.78. The van der Waals surface area contributed by atoms with Gasteiger partial charge in [0.25, 0.3) is 0 Å². The van der Waals surface area contributed by atoms with Crippen molar-refractivity contribution in [2.45, 2.75) is 78.7 Å². The Morgan fingerprint density at radius 1 is 1.20 bits per heavy atom. The highest BCUT2D eigenvalue weighted by Crippen LogP contribution is 2.32. The molecule has 120 valence electrons. The van der Waals surface area contributed by atoms with Gasteiger partial charge in [0.15, 0.2) is 0 Å². The number of nitrogens with zero attached hydrogens (tertiary/aromatic N) is 1. The van der Waals surface area contributed by atoms with Crippen LogP contribution in [0.25, 0.3) is 0 Å². The normalized spacial score (nSPS) is 25.9. The molecule has 1 fully saturated rings. The van der Waals surface area contributed by atoms with Crippen molar-refractivity contribution in [1.29, 1.82) is 0 Å². The fraction of sp³-hybridized carbons (Fsp3) is 1.00. The van der Waals surface area contributed by atoms with Crippen LogP contribution < -0.4 is 5.73 Å². The highest BCUT2D eigenvalue weighted by atomic mass is 15.1. The zero-order valence-corrected chi connectivity index (χ0v) is 14.6. The van der Waals surface area contributed by atoms with Gasteiger partial charge in [-0.25, -0.2) is 0 Å². The molecule has 2 N–H and O–H groups in total. The first kappa shape index (κ1) is 18.0. The highest BCUT2D eigenvalue weighted by Gasteiger charge is 2.25. The third kappa shape index (κ3) is 6.13. The standard InChI is InChI=1S/C18H38N2/c1-15-8-6-10-17(14-15)20(5)13-7-9-16(11-12-19)18(2,3)4/h15-17H,6-14,19H2,1-5H3. The SMILES string of the molecule is CC1CCCC(N(C)CCCC(CCN)C(C)(C)C)C1. The Labute approximate surface area is 127 Å². The summed E-state index contributed by atoms with van der Waals surface area (Å²) in [4.78, 5) is 2.62. The van der Waals surface area contributed by atoms with Gasteiger partial charge in [-0.3, -0.25) is 0 Å². The summed E-state index contributed by atoms with van der Waals surface area (Å²) in [6.45, 7) is 11.6. The van der Waals surface area contributed by atoms with E-state index in [0.717, 1.165) is 24.4 Å². The molecule has 2 nitrogen and oxygen atoms in total. The molecule has 3 unspecified atom stereocenters. The van der Waals surface area contributed by atoms with E-state index in [1.54, 1.807) is 0 Å². The number of nitrogens with two attached hydrogens (primary N) is 1. The zero-order chi connectivity index (χ0) is 15.2. The predicted molar refractivity (Wildman–Crippen MR) is 89.9 cm³/mol. The molecule has 0 amide bonds. The molecule has 0 aliphatic heterocycles. The molecule has 20 heavy (non-hydrogen) atoms. The van der Waals surface area contributed by atoms with Gasteiger partial charge in [-0.15, -0.1) is 0 Å². The van der Waals surface area contributed by atoms with E-state index in [9.17, 15) is 0 Å². The summed E-state index contributed by atoms with van der Waals surface area (Å²) in [5, 5.41) is 0. The van der Waals surface area contributed by atoms with Crippen LogP contribution in [0.1, 0.15) is 72.6 Å². The third-order valence-electron chi connectivity index (χ3n) is 5.34. The molecule has 0 aromatic heterocycles. The lowest BCUT2D eigenvalue weighted by atomic mass is 9.76. The van der Waals surface area contributed by atoms with Crippen molar-refractivity contribution >= 4 is 0 Å². The quantitative estimate of drug-likeness (QED) is 0.755. The van der Waals surface area contributed by atoms with E-state index in [1.807, 2.05) is 0 Å². The first-order chi connectivity index (χ1) is 9.34. The first-order valence-electron chi connectivity index (χ1n) is 8.75. The molecule has 1 saturated carbocycles. The molecule has 3 atom stereocenters. The average molecular weight is 283 g/mol. The summed E-state index contributed by atoms with van der Waals surface area (Å²) in [6.07, 6.45) is 9.50. The second-order valence-corrected chi connectivity index (χ2v) is 8.19. The van der Waals surface area contributed by atoms with Gasteiger partial charge in [-0.2, -0.15) is 0 Å². The van der Waals surface area contributed by atoms with Crippen molar-refractivity contribution in [3.05, 3.63) is 0 Å². The summed E-state index contributed by atoms with van der Waals surface area (Å²) in [5.74, 6) is 1.70. The van der Waals surface area contributed by atoms with Gasteiger partial charge in [-0.05, 0) is 69.5 Å². The largest absolute Gasteiger partial charge is 0.330 e. The molecular formula is C18H38N2. The van der Waals surface area contributed by atoms with Gasteiger partial charge in [0, 0.05) is 6.04 Å². The third-order valence-corrected chi connectivity index (χ3v) is 5.34. The van der Waals surface area contributed by atoms with Crippen molar-refractivity contribution in [1.82, 2.24) is 4.90 Å². The van der Waals surface area contributed by atoms with Crippen LogP contribution in [0.15, 0.2) is 0 Å². The van der Waals surface area contributed by atoms with Gasteiger partial charge < -0.3 is 10.6 Å². The second kappa shape index (κ2) is 8.38. The Morgan fingerprint density at radius 3 is 2.45 bits per heavy atom. The van der Waals surface area contributed by atoms with E-state index in [1.165, 1.54) is 51.5 Å². The maximum atomic E-state index is 5.78. The van der Waals surface area contributed by atoms with Crippen molar-refractivity contribution in [2.24, 2.45) is 23.0 Å². The van der Waals surface area contributed by atoms with Gasteiger partial charge in [-0.1, -0.05) is 40.5 Å². The average Bonchev–Trinajstić information content (AvgIpc) is 2.36. The fourth-order valence-corrected chi connectivity index (χ4v) is 3.78. The first-order valence-corrected chi connectivity index (χ1v) is 8.75. The van der Waals surface area contributed by atoms with Gasteiger partial charge in [0.05, 0.1) is 0 Å². The molecule has 1 rings (SSSR count). The van der Waals surface area contributed by atoms with Crippen LogP contribution >= 0.6 is 0 Å². The molecular weight excluding hydrogens is 244 g/mol. The molecule has 0 radical (unpaired) electrons. The van der Waals surface area contributed by atoms with Gasteiger partial charge in [0.1, 0.15) is 0 Å². The van der Waals surface area contributed by atoms with Crippen LogP contribution in [0.4, 0.5) is 0 Å². The second-order valence-electron chi connectivity index (χ2n) is 8.19. The Balaban J connectivity index is 2.31. The molecule has 2 heteroatoms. The molecule has 0 saturated heterocycles.